The predicted octanol–water partition coefficient (Wildman–Crippen LogP) is 2.99. The van der Waals surface area contributed by atoms with Crippen LogP contribution in [0.5, 0.6) is 0 Å². The molecule has 1 aromatic rings. The lowest BCUT2D eigenvalue weighted by atomic mass is 10.0. The van der Waals surface area contributed by atoms with E-state index in [0.717, 1.165) is 0 Å². The van der Waals surface area contributed by atoms with Crippen LogP contribution < -0.4 is 0 Å². The Balaban J connectivity index is 2.52. The van der Waals surface area contributed by atoms with E-state index >= 15 is 0 Å². The van der Waals surface area contributed by atoms with Gasteiger partial charge in [-0.3, -0.25) is 0 Å². The van der Waals surface area contributed by atoms with Crippen LogP contribution in [0, 0.1) is 6.42 Å². The Morgan fingerprint density at radius 3 is 1.91 bits per heavy atom. The maximum absolute atomic E-state index is 3.48. The minimum atomic E-state index is 0.529. The molecule has 0 fully saturated rings. The fourth-order valence-electron chi connectivity index (χ4n) is 1.85. The van der Waals surface area contributed by atoms with Crippen molar-refractivity contribution in [2.24, 2.45) is 0 Å². The van der Waals surface area contributed by atoms with Crippen LogP contribution in [0.4, 0.5) is 0 Å². The van der Waals surface area contributed by atoms with Crippen LogP contribution in [0.15, 0.2) is 24.3 Å². The molecule has 11 heavy (non-hydrogen) atoms. The maximum Gasteiger partial charge on any atom is -0.00173 e. The number of hydrogen-bond donors (Lipinski definition) is 0. The smallest absolute Gasteiger partial charge is 0.00173 e. The molecule has 0 saturated heterocycles. The first-order valence-corrected chi connectivity index (χ1v) is 4.14. The summed E-state index contributed by atoms with van der Waals surface area (Å²) >= 11 is 0. The fourth-order valence-corrected chi connectivity index (χ4v) is 1.85. The van der Waals surface area contributed by atoms with Crippen molar-refractivity contribution in [1.82, 2.24) is 0 Å². The Kier molecular flexibility index (Phi) is 1.49. The maximum atomic E-state index is 3.48. The molecule has 2 rings (SSSR count). The molecule has 2 radical (unpaired) electrons. The van der Waals surface area contributed by atoms with Crippen LogP contribution in [0.25, 0.3) is 0 Å². The van der Waals surface area contributed by atoms with E-state index in [-0.39, 0.29) is 0 Å². The average Bonchev–Trinajstić information content (AvgIpc) is 2.30. The van der Waals surface area contributed by atoms with Crippen LogP contribution >= 0.6 is 0 Å². The summed E-state index contributed by atoms with van der Waals surface area (Å²) in [6, 6.07) is 8.62. The van der Waals surface area contributed by atoms with Crippen molar-refractivity contribution >= 4 is 0 Å². The lowest BCUT2D eigenvalue weighted by Gasteiger charge is -2.01. The van der Waals surface area contributed by atoms with Gasteiger partial charge in [0.25, 0.3) is 0 Å². The van der Waals surface area contributed by atoms with E-state index in [1.165, 1.54) is 11.1 Å². The van der Waals surface area contributed by atoms with Crippen molar-refractivity contribution in [3.63, 3.8) is 0 Å². The molecule has 0 N–H and O–H groups in total. The minimum Gasteiger partial charge on any atom is -0.0620 e. The number of hydrogen-bond acceptors (Lipinski definition) is 0. The van der Waals surface area contributed by atoms with Gasteiger partial charge in [-0.2, -0.15) is 0 Å². The number of fused-ring (bicyclic) bond motifs is 1. The molecule has 2 atom stereocenters. The molecular formula is C11H12. The molecule has 2 unspecified atom stereocenters. The zero-order chi connectivity index (χ0) is 7.84. The molecule has 0 spiro atoms. The SMILES string of the molecule is CC1[C]C(C)c2ccccc21. The molecule has 0 heterocycles. The first-order chi connectivity index (χ1) is 5.29. The van der Waals surface area contributed by atoms with Crippen molar-refractivity contribution in [3.05, 3.63) is 41.8 Å². The van der Waals surface area contributed by atoms with Crippen LogP contribution in [0.2, 0.25) is 0 Å². The third-order valence-electron chi connectivity index (χ3n) is 2.43. The first kappa shape index (κ1) is 6.90. The van der Waals surface area contributed by atoms with Gasteiger partial charge >= 0.3 is 0 Å². The van der Waals surface area contributed by atoms with Gasteiger partial charge in [0.15, 0.2) is 0 Å². The quantitative estimate of drug-likeness (QED) is 0.525. The molecule has 0 aromatic heterocycles. The zero-order valence-corrected chi connectivity index (χ0v) is 6.96. The van der Waals surface area contributed by atoms with Crippen LogP contribution in [-0.4, -0.2) is 0 Å². The van der Waals surface area contributed by atoms with Gasteiger partial charge in [0.05, 0.1) is 0 Å². The Labute approximate surface area is 68.3 Å². The van der Waals surface area contributed by atoms with Gasteiger partial charge in [-0.05, 0) is 29.4 Å². The second kappa shape index (κ2) is 2.37. The molecule has 1 aliphatic carbocycles. The van der Waals surface area contributed by atoms with Crippen LogP contribution in [0.3, 0.4) is 0 Å². The Bertz CT molecular complexity index is 235. The molecule has 0 amide bonds. The average molecular weight is 144 g/mol. The topological polar surface area (TPSA) is 0 Å². The van der Waals surface area contributed by atoms with Gasteiger partial charge < -0.3 is 0 Å². The van der Waals surface area contributed by atoms with Crippen molar-refractivity contribution in [3.8, 4) is 0 Å². The van der Waals surface area contributed by atoms with Crippen molar-refractivity contribution < 1.29 is 0 Å². The third-order valence-corrected chi connectivity index (χ3v) is 2.43. The lowest BCUT2D eigenvalue weighted by Crippen LogP contribution is -1.84. The Morgan fingerprint density at radius 1 is 1.00 bits per heavy atom. The predicted molar refractivity (Wildman–Crippen MR) is 46.5 cm³/mol. The molecule has 0 heteroatoms. The highest BCUT2D eigenvalue weighted by Crippen LogP contribution is 2.39. The second-order valence-corrected chi connectivity index (χ2v) is 3.24. The fraction of sp³-hybridized carbons (Fsp3) is 0.364. The summed E-state index contributed by atoms with van der Waals surface area (Å²) in [7, 11) is 0. The first-order valence-electron chi connectivity index (χ1n) is 4.14. The van der Waals surface area contributed by atoms with Crippen molar-refractivity contribution in [1.29, 1.82) is 0 Å². The van der Waals surface area contributed by atoms with E-state index < -0.39 is 0 Å². The Morgan fingerprint density at radius 2 is 1.45 bits per heavy atom. The molecule has 1 aromatic carbocycles. The summed E-state index contributed by atoms with van der Waals surface area (Å²) in [4.78, 5) is 0. The van der Waals surface area contributed by atoms with Gasteiger partial charge in [-0.15, -0.1) is 0 Å². The molecule has 56 valence electrons. The highest BCUT2D eigenvalue weighted by atomic mass is 14.3. The number of rotatable bonds is 0. The molecular weight excluding hydrogens is 132 g/mol. The van der Waals surface area contributed by atoms with Gasteiger partial charge in [-0.25, -0.2) is 0 Å². The summed E-state index contributed by atoms with van der Waals surface area (Å²) in [5.74, 6) is 1.06. The van der Waals surface area contributed by atoms with Crippen LogP contribution in [0.1, 0.15) is 36.8 Å². The minimum absolute atomic E-state index is 0.529. The van der Waals surface area contributed by atoms with Crippen molar-refractivity contribution in [2.75, 3.05) is 0 Å². The van der Waals surface area contributed by atoms with Gasteiger partial charge in [-0.1, -0.05) is 38.1 Å². The van der Waals surface area contributed by atoms with E-state index in [0.29, 0.717) is 11.8 Å². The van der Waals surface area contributed by atoms with Crippen molar-refractivity contribution in [2.45, 2.75) is 25.7 Å². The molecule has 0 saturated carbocycles. The Hall–Kier alpha value is -0.780. The van der Waals surface area contributed by atoms with E-state index in [2.05, 4.69) is 44.5 Å². The molecule has 0 bridgehead atoms. The summed E-state index contributed by atoms with van der Waals surface area (Å²) in [5.41, 5.74) is 2.92. The van der Waals surface area contributed by atoms with Crippen LogP contribution in [-0.2, 0) is 0 Å². The zero-order valence-electron chi connectivity index (χ0n) is 6.96. The van der Waals surface area contributed by atoms with Gasteiger partial charge in [0.2, 0.25) is 0 Å². The van der Waals surface area contributed by atoms with E-state index in [1.54, 1.807) is 0 Å². The lowest BCUT2D eigenvalue weighted by molar-refractivity contribution is 0.839. The molecule has 1 aliphatic rings. The third kappa shape index (κ3) is 0.973. The number of benzene rings is 1. The van der Waals surface area contributed by atoms with E-state index in [4.69, 9.17) is 0 Å². The molecule has 0 aliphatic heterocycles. The summed E-state index contributed by atoms with van der Waals surface area (Å²) in [6.45, 7) is 4.42. The highest BCUT2D eigenvalue weighted by molar-refractivity contribution is 5.41. The van der Waals surface area contributed by atoms with E-state index in [9.17, 15) is 0 Å². The summed E-state index contributed by atoms with van der Waals surface area (Å²) < 4.78 is 0. The van der Waals surface area contributed by atoms with Gasteiger partial charge in [0, 0.05) is 0 Å². The normalized spacial score (nSPS) is 28.5. The second-order valence-electron chi connectivity index (χ2n) is 3.24. The van der Waals surface area contributed by atoms with Gasteiger partial charge in [0.1, 0.15) is 0 Å². The summed E-state index contributed by atoms with van der Waals surface area (Å²) in [5, 5.41) is 0. The standard InChI is InChI=1S/C11H12/c1-8-7-9(2)11-6-4-3-5-10(8)11/h3-6,8-9H,1-2H3. The largest absolute Gasteiger partial charge is 0.0620 e. The monoisotopic (exact) mass is 144 g/mol. The van der Waals surface area contributed by atoms with E-state index in [1.807, 2.05) is 0 Å². The summed E-state index contributed by atoms with van der Waals surface area (Å²) in [6.07, 6.45) is 3.48. The highest BCUT2D eigenvalue weighted by Gasteiger charge is 2.24. The molecule has 0 nitrogen and oxygen atoms in total.